The number of nitrogens with zero attached hydrogens (tertiary/aromatic N) is 1. The van der Waals surface area contributed by atoms with E-state index >= 15 is 0 Å². The van der Waals surface area contributed by atoms with Gasteiger partial charge in [-0.2, -0.15) is 0 Å². The maximum atomic E-state index is 12.3. The van der Waals surface area contributed by atoms with Gasteiger partial charge in [0, 0.05) is 23.9 Å². The van der Waals surface area contributed by atoms with E-state index in [0.717, 1.165) is 6.42 Å². The van der Waals surface area contributed by atoms with Crippen LogP contribution in [-0.2, 0) is 4.74 Å². The van der Waals surface area contributed by atoms with Gasteiger partial charge in [-0.05, 0) is 47.1 Å². The molecule has 0 saturated heterocycles. The number of hydrogen-bond donors (Lipinski definition) is 1. The van der Waals surface area contributed by atoms with Crippen molar-refractivity contribution in [1.82, 2.24) is 4.90 Å². The van der Waals surface area contributed by atoms with Crippen LogP contribution in [0.1, 0.15) is 48.0 Å². The number of amides is 1. The molecule has 0 fully saturated rings. The Balaban J connectivity index is 2.23. The molecule has 0 radical (unpaired) electrons. The summed E-state index contributed by atoms with van der Waals surface area (Å²) in [5.41, 5.74) is 0.249. The van der Waals surface area contributed by atoms with Crippen LogP contribution in [0, 0.1) is 10.8 Å². The van der Waals surface area contributed by atoms with Gasteiger partial charge in [-0.3, -0.25) is 0 Å². The van der Waals surface area contributed by atoms with Gasteiger partial charge in [0.05, 0.1) is 5.76 Å². The monoisotopic (exact) mass is 293 g/mol. The van der Waals surface area contributed by atoms with E-state index in [-0.39, 0.29) is 16.9 Å². The van der Waals surface area contributed by atoms with Crippen LogP contribution in [0.25, 0.3) is 0 Å². The minimum Gasteiger partial charge on any atom is -0.512 e. The number of aliphatic hydroxyl groups excluding tert-OH is 1. The first-order valence-electron chi connectivity index (χ1n) is 7.54. The van der Waals surface area contributed by atoms with Gasteiger partial charge in [0.25, 0.3) is 0 Å². The average molecular weight is 293 g/mol. The highest BCUT2D eigenvalue weighted by Crippen LogP contribution is 2.51. The summed E-state index contributed by atoms with van der Waals surface area (Å²) < 4.78 is 5.47. The molecule has 2 aliphatic rings. The number of carbonyl (C=O) groups excluding carboxylic acids is 1. The summed E-state index contributed by atoms with van der Waals surface area (Å²) in [6, 6.07) is 0. The van der Waals surface area contributed by atoms with Crippen LogP contribution in [0.5, 0.6) is 0 Å². The zero-order chi connectivity index (χ0) is 16.1. The Hall–Kier alpha value is -1.45. The fourth-order valence-corrected chi connectivity index (χ4v) is 3.38. The maximum Gasteiger partial charge on any atom is 0.410 e. The molecule has 0 spiro atoms. The molecule has 1 atom stereocenters. The molecule has 4 heteroatoms. The zero-order valence-electron chi connectivity index (χ0n) is 14.0. The molecule has 2 rings (SSSR count). The number of hydrogen-bond acceptors (Lipinski definition) is 3. The van der Waals surface area contributed by atoms with Crippen molar-refractivity contribution in [2.24, 2.45) is 10.8 Å². The lowest BCUT2D eigenvalue weighted by atomic mass is 9.61. The second kappa shape index (κ2) is 4.79. The quantitative estimate of drug-likeness (QED) is 0.686. The number of ether oxygens (including phenoxy) is 1. The van der Waals surface area contributed by atoms with Crippen molar-refractivity contribution in [3.63, 3.8) is 0 Å². The Labute approximate surface area is 127 Å². The molecule has 1 heterocycles. The van der Waals surface area contributed by atoms with Crippen LogP contribution in [0.2, 0.25) is 0 Å². The molecular formula is C17H27NO3. The highest BCUT2D eigenvalue weighted by molar-refractivity contribution is 5.69. The molecule has 4 nitrogen and oxygen atoms in total. The van der Waals surface area contributed by atoms with E-state index in [0.29, 0.717) is 18.8 Å². The SMILES string of the molecule is CC(C)(C)OC(=O)N1CC=C2C(C)(C)C(O)=CC[C@]2(C)C1. The lowest BCUT2D eigenvalue weighted by molar-refractivity contribution is 0.0170. The molecule has 0 aromatic heterocycles. The van der Waals surface area contributed by atoms with Crippen LogP contribution < -0.4 is 0 Å². The molecule has 0 aromatic carbocycles. The highest BCUT2D eigenvalue weighted by Gasteiger charge is 2.46. The van der Waals surface area contributed by atoms with Crippen molar-refractivity contribution >= 4 is 6.09 Å². The van der Waals surface area contributed by atoms with Gasteiger partial charge in [0.2, 0.25) is 0 Å². The second-order valence-corrected chi connectivity index (χ2v) is 7.96. The third kappa shape index (κ3) is 2.94. The number of rotatable bonds is 0. The van der Waals surface area contributed by atoms with E-state index in [1.165, 1.54) is 5.57 Å². The first-order valence-corrected chi connectivity index (χ1v) is 7.54. The maximum absolute atomic E-state index is 12.3. The molecule has 1 aliphatic carbocycles. The minimum absolute atomic E-state index is 0.134. The fourth-order valence-electron chi connectivity index (χ4n) is 3.38. The standard InChI is InChI=1S/C17H27NO3/c1-15(2,3)21-14(20)18-10-8-12-16(4,5)13(19)7-9-17(12,6)11-18/h7-8,19H,9-11H2,1-6H3/t17-/m1/s1. The third-order valence-corrected chi connectivity index (χ3v) is 4.42. The molecule has 118 valence electrons. The number of aliphatic hydroxyl groups is 1. The third-order valence-electron chi connectivity index (χ3n) is 4.42. The van der Waals surface area contributed by atoms with Gasteiger partial charge in [-0.1, -0.05) is 18.6 Å². The zero-order valence-corrected chi connectivity index (χ0v) is 14.0. The Morgan fingerprint density at radius 2 is 1.90 bits per heavy atom. The molecule has 21 heavy (non-hydrogen) atoms. The Morgan fingerprint density at radius 3 is 2.48 bits per heavy atom. The summed E-state index contributed by atoms with van der Waals surface area (Å²) in [4.78, 5) is 14.0. The molecule has 0 aromatic rings. The van der Waals surface area contributed by atoms with E-state index in [2.05, 4.69) is 13.0 Å². The van der Waals surface area contributed by atoms with Crippen LogP contribution in [0.4, 0.5) is 4.79 Å². The van der Waals surface area contributed by atoms with Crippen molar-refractivity contribution in [2.75, 3.05) is 13.1 Å². The van der Waals surface area contributed by atoms with Gasteiger partial charge in [-0.25, -0.2) is 4.79 Å². The van der Waals surface area contributed by atoms with Gasteiger partial charge in [-0.15, -0.1) is 0 Å². The summed E-state index contributed by atoms with van der Waals surface area (Å²) in [5, 5.41) is 10.1. The lowest BCUT2D eigenvalue weighted by Gasteiger charge is -2.48. The predicted molar refractivity (Wildman–Crippen MR) is 83.1 cm³/mol. The van der Waals surface area contributed by atoms with E-state index < -0.39 is 5.60 Å². The Kier molecular flexibility index (Phi) is 3.63. The van der Waals surface area contributed by atoms with Crippen molar-refractivity contribution in [3.8, 4) is 0 Å². The Bertz CT molecular complexity index is 511. The minimum atomic E-state index is -0.480. The van der Waals surface area contributed by atoms with Gasteiger partial charge >= 0.3 is 6.09 Å². The largest absolute Gasteiger partial charge is 0.512 e. The number of carbonyl (C=O) groups is 1. The smallest absolute Gasteiger partial charge is 0.410 e. The van der Waals surface area contributed by atoms with Crippen molar-refractivity contribution in [3.05, 3.63) is 23.5 Å². The molecule has 0 unspecified atom stereocenters. The summed E-state index contributed by atoms with van der Waals surface area (Å²) >= 11 is 0. The molecule has 1 amide bonds. The van der Waals surface area contributed by atoms with E-state index in [4.69, 9.17) is 4.74 Å². The van der Waals surface area contributed by atoms with E-state index in [9.17, 15) is 9.90 Å². The summed E-state index contributed by atoms with van der Waals surface area (Å²) in [6.45, 7) is 13.0. The molecular weight excluding hydrogens is 266 g/mol. The van der Waals surface area contributed by atoms with Crippen LogP contribution in [0.15, 0.2) is 23.5 Å². The normalized spacial score (nSPS) is 28.4. The highest BCUT2D eigenvalue weighted by atomic mass is 16.6. The topological polar surface area (TPSA) is 49.8 Å². The van der Waals surface area contributed by atoms with E-state index in [1.807, 2.05) is 40.7 Å². The van der Waals surface area contributed by atoms with E-state index in [1.54, 1.807) is 4.90 Å². The summed E-state index contributed by atoms with van der Waals surface area (Å²) in [6.07, 6.45) is 4.44. The van der Waals surface area contributed by atoms with Crippen LogP contribution in [-0.4, -0.2) is 34.8 Å². The average Bonchev–Trinajstić information content (AvgIpc) is 2.32. The van der Waals surface area contributed by atoms with Gasteiger partial charge in [0.1, 0.15) is 5.60 Å². The molecule has 1 N–H and O–H groups in total. The lowest BCUT2D eigenvalue weighted by Crippen LogP contribution is -2.50. The van der Waals surface area contributed by atoms with Gasteiger partial charge in [0.15, 0.2) is 0 Å². The number of fused-ring (bicyclic) bond motifs is 1. The van der Waals surface area contributed by atoms with Crippen molar-refractivity contribution in [2.45, 2.75) is 53.6 Å². The first kappa shape index (κ1) is 15.9. The fraction of sp³-hybridized carbons (Fsp3) is 0.706. The molecule has 1 aliphatic heterocycles. The molecule has 0 bridgehead atoms. The summed E-state index contributed by atoms with van der Waals surface area (Å²) in [7, 11) is 0. The van der Waals surface area contributed by atoms with Crippen molar-refractivity contribution in [1.29, 1.82) is 0 Å². The summed E-state index contributed by atoms with van der Waals surface area (Å²) in [5.74, 6) is 0.428. The second-order valence-electron chi connectivity index (χ2n) is 7.96. The van der Waals surface area contributed by atoms with Crippen molar-refractivity contribution < 1.29 is 14.6 Å². The van der Waals surface area contributed by atoms with Crippen LogP contribution >= 0.6 is 0 Å². The Morgan fingerprint density at radius 1 is 1.29 bits per heavy atom. The van der Waals surface area contributed by atoms with Gasteiger partial charge < -0.3 is 14.7 Å². The number of allylic oxidation sites excluding steroid dienone is 2. The van der Waals surface area contributed by atoms with Crippen LogP contribution in [0.3, 0.4) is 0 Å². The predicted octanol–water partition coefficient (Wildman–Crippen LogP) is 4.04. The molecule has 0 saturated carbocycles. The first-order chi connectivity index (χ1) is 9.46.